The molecular formula is C22H19NO3S. The van der Waals surface area contributed by atoms with Crippen molar-refractivity contribution in [3.63, 3.8) is 0 Å². The fraction of sp³-hybridized carbons (Fsp3) is 0.0909. The van der Waals surface area contributed by atoms with Crippen LogP contribution in [0.15, 0.2) is 72.1 Å². The summed E-state index contributed by atoms with van der Waals surface area (Å²) in [6.07, 6.45) is 1.83. The van der Waals surface area contributed by atoms with Gasteiger partial charge in [0.15, 0.2) is 0 Å². The van der Waals surface area contributed by atoms with Crippen molar-refractivity contribution in [1.82, 2.24) is 5.32 Å². The van der Waals surface area contributed by atoms with Gasteiger partial charge < -0.3 is 10.1 Å². The van der Waals surface area contributed by atoms with E-state index in [0.29, 0.717) is 5.57 Å². The zero-order valence-electron chi connectivity index (χ0n) is 14.8. The Hall–Kier alpha value is -3.18. The average molecular weight is 377 g/mol. The van der Waals surface area contributed by atoms with Crippen molar-refractivity contribution in [2.24, 2.45) is 0 Å². The van der Waals surface area contributed by atoms with E-state index in [1.54, 1.807) is 11.3 Å². The lowest BCUT2D eigenvalue weighted by atomic mass is 9.99. The lowest BCUT2D eigenvalue weighted by Crippen LogP contribution is -2.30. The molecule has 1 N–H and O–H groups in total. The van der Waals surface area contributed by atoms with Gasteiger partial charge in [0.2, 0.25) is 0 Å². The van der Waals surface area contributed by atoms with Crippen molar-refractivity contribution in [3.8, 4) is 11.1 Å². The van der Waals surface area contributed by atoms with Crippen molar-refractivity contribution in [2.45, 2.75) is 0 Å². The maximum atomic E-state index is 12.7. The minimum Gasteiger partial charge on any atom is -0.468 e. The molecule has 0 bridgehead atoms. The molecule has 0 saturated heterocycles. The quantitative estimate of drug-likeness (QED) is 0.516. The number of amides is 1. The molecule has 0 radical (unpaired) electrons. The standard InChI is InChI=1S/C22H19NO3S/c1-26-21(24)15-23-22(25)20(14-19-8-5-13-27-19)18-11-9-17(10-12-18)16-6-3-2-4-7-16/h2-14H,15H2,1H3,(H,23,25). The number of nitrogens with one attached hydrogen (secondary N) is 1. The number of methoxy groups -OCH3 is 1. The number of carbonyl (C=O) groups excluding carboxylic acids is 2. The number of thiophene rings is 1. The lowest BCUT2D eigenvalue weighted by Gasteiger charge is -2.10. The van der Waals surface area contributed by atoms with Crippen LogP contribution in [0.4, 0.5) is 0 Å². The molecule has 0 aliphatic rings. The number of hydrogen-bond donors (Lipinski definition) is 1. The summed E-state index contributed by atoms with van der Waals surface area (Å²) in [6, 6.07) is 21.7. The SMILES string of the molecule is COC(=O)CNC(=O)C(=Cc1cccs1)c1ccc(-c2ccccc2)cc1. The molecule has 4 nitrogen and oxygen atoms in total. The molecule has 0 atom stereocenters. The Kier molecular flexibility index (Phi) is 6.18. The van der Waals surface area contributed by atoms with Crippen LogP contribution in [-0.2, 0) is 14.3 Å². The molecule has 3 rings (SSSR count). The normalized spacial score (nSPS) is 11.1. The molecule has 0 unspecified atom stereocenters. The first-order chi connectivity index (χ1) is 13.2. The predicted molar refractivity (Wildman–Crippen MR) is 109 cm³/mol. The van der Waals surface area contributed by atoms with Crippen molar-refractivity contribution in [3.05, 3.63) is 82.6 Å². The first-order valence-corrected chi connectivity index (χ1v) is 9.31. The van der Waals surface area contributed by atoms with Gasteiger partial charge in [0.25, 0.3) is 5.91 Å². The summed E-state index contributed by atoms with van der Waals surface area (Å²) in [5.74, 6) is -0.806. The van der Waals surface area contributed by atoms with Gasteiger partial charge in [-0.25, -0.2) is 0 Å². The number of ether oxygens (including phenoxy) is 1. The van der Waals surface area contributed by atoms with E-state index >= 15 is 0 Å². The van der Waals surface area contributed by atoms with Gasteiger partial charge in [-0.15, -0.1) is 11.3 Å². The molecule has 2 aromatic carbocycles. The van der Waals surface area contributed by atoms with E-state index in [1.807, 2.05) is 78.2 Å². The van der Waals surface area contributed by atoms with Crippen LogP contribution in [0.25, 0.3) is 22.8 Å². The van der Waals surface area contributed by atoms with Crippen molar-refractivity contribution < 1.29 is 14.3 Å². The van der Waals surface area contributed by atoms with Crippen molar-refractivity contribution >= 4 is 34.9 Å². The molecule has 0 spiro atoms. The Bertz CT molecular complexity index is 929. The first-order valence-electron chi connectivity index (χ1n) is 8.43. The minimum absolute atomic E-state index is 0.167. The number of hydrogen-bond acceptors (Lipinski definition) is 4. The number of carbonyl (C=O) groups is 2. The molecule has 27 heavy (non-hydrogen) atoms. The zero-order chi connectivity index (χ0) is 19.1. The third kappa shape index (κ3) is 4.92. The van der Waals surface area contributed by atoms with Gasteiger partial charge in [-0.2, -0.15) is 0 Å². The molecule has 0 aliphatic heterocycles. The van der Waals surface area contributed by atoms with E-state index in [2.05, 4.69) is 10.1 Å². The summed E-state index contributed by atoms with van der Waals surface area (Å²) < 4.78 is 4.59. The van der Waals surface area contributed by atoms with Crippen molar-refractivity contribution in [1.29, 1.82) is 0 Å². The molecule has 1 aromatic heterocycles. The van der Waals surface area contributed by atoms with Crippen LogP contribution in [0.2, 0.25) is 0 Å². The summed E-state index contributed by atoms with van der Waals surface area (Å²) in [5, 5.41) is 4.57. The van der Waals surface area contributed by atoms with Crippen LogP contribution >= 0.6 is 11.3 Å². The third-order valence-electron chi connectivity index (χ3n) is 4.00. The summed E-state index contributed by atoms with van der Waals surface area (Å²) >= 11 is 1.54. The van der Waals surface area contributed by atoms with Gasteiger partial charge in [-0.1, -0.05) is 60.7 Å². The van der Waals surface area contributed by atoms with Gasteiger partial charge in [0.1, 0.15) is 6.54 Å². The highest BCUT2D eigenvalue weighted by Crippen LogP contribution is 2.25. The maximum absolute atomic E-state index is 12.7. The van der Waals surface area contributed by atoms with Crippen LogP contribution in [-0.4, -0.2) is 25.5 Å². The van der Waals surface area contributed by atoms with E-state index in [4.69, 9.17) is 0 Å². The van der Waals surface area contributed by atoms with E-state index in [1.165, 1.54) is 7.11 Å². The Balaban J connectivity index is 1.88. The Morgan fingerprint density at radius 3 is 2.30 bits per heavy atom. The second-order valence-corrected chi connectivity index (χ2v) is 6.75. The molecule has 1 heterocycles. The largest absolute Gasteiger partial charge is 0.468 e. The highest BCUT2D eigenvalue weighted by Gasteiger charge is 2.14. The van der Waals surface area contributed by atoms with Crippen LogP contribution in [0, 0.1) is 0 Å². The molecule has 5 heteroatoms. The molecule has 0 saturated carbocycles. The predicted octanol–water partition coefficient (Wildman–Crippen LogP) is 4.24. The molecular weight excluding hydrogens is 358 g/mol. The highest BCUT2D eigenvalue weighted by atomic mass is 32.1. The zero-order valence-corrected chi connectivity index (χ0v) is 15.7. The summed E-state index contributed by atoms with van der Waals surface area (Å²) in [5.41, 5.74) is 3.47. The van der Waals surface area contributed by atoms with Gasteiger partial charge in [0.05, 0.1) is 7.11 Å². The Labute approximate surface area is 162 Å². The van der Waals surface area contributed by atoms with Crippen molar-refractivity contribution in [2.75, 3.05) is 13.7 Å². The second-order valence-electron chi connectivity index (χ2n) is 5.78. The third-order valence-corrected chi connectivity index (χ3v) is 4.82. The molecule has 3 aromatic rings. The topological polar surface area (TPSA) is 55.4 Å². The van der Waals surface area contributed by atoms with Gasteiger partial charge in [-0.3, -0.25) is 9.59 Å². The fourth-order valence-corrected chi connectivity index (χ4v) is 3.25. The van der Waals surface area contributed by atoms with Crippen LogP contribution < -0.4 is 5.32 Å². The average Bonchev–Trinajstić information content (AvgIpc) is 3.24. The highest BCUT2D eigenvalue weighted by molar-refractivity contribution is 7.11. The summed E-state index contributed by atoms with van der Waals surface area (Å²) in [7, 11) is 1.29. The second kappa shape index (κ2) is 8.96. The molecule has 0 aliphatic carbocycles. The fourth-order valence-electron chi connectivity index (χ4n) is 2.59. The molecule has 136 valence electrons. The Morgan fingerprint density at radius 2 is 1.67 bits per heavy atom. The maximum Gasteiger partial charge on any atom is 0.325 e. The van der Waals surface area contributed by atoms with E-state index < -0.39 is 5.97 Å². The van der Waals surface area contributed by atoms with Crippen LogP contribution in [0.5, 0.6) is 0 Å². The number of benzene rings is 2. The van der Waals surface area contributed by atoms with E-state index in [9.17, 15) is 9.59 Å². The van der Waals surface area contributed by atoms with Gasteiger partial charge in [0, 0.05) is 10.5 Å². The van der Waals surface area contributed by atoms with E-state index in [0.717, 1.165) is 21.6 Å². The molecule has 1 amide bonds. The molecule has 0 fully saturated rings. The first kappa shape index (κ1) is 18.6. The van der Waals surface area contributed by atoms with Crippen LogP contribution in [0.3, 0.4) is 0 Å². The van der Waals surface area contributed by atoms with E-state index in [-0.39, 0.29) is 12.5 Å². The lowest BCUT2D eigenvalue weighted by molar-refractivity contribution is -0.140. The van der Waals surface area contributed by atoms with Gasteiger partial charge in [-0.05, 0) is 34.2 Å². The minimum atomic E-state index is -0.488. The monoisotopic (exact) mass is 377 g/mol. The smallest absolute Gasteiger partial charge is 0.325 e. The van der Waals surface area contributed by atoms with Gasteiger partial charge >= 0.3 is 5.97 Å². The number of esters is 1. The van der Waals surface area contributed by atoms with Crippen LogP contribution in [0.1, 0.15) is 10.4 Å². The summed E-state index contributed by atoms with van der Waals surface area (Å²) in [6.45, 7) is -0.167. The Morgan fingerprint density at radius 1 is 0.963 bits per heavy atom. The number of rotatable bonds is 6. The summed E-state index contributed by atoms with van der Waals surface area (Å²) in [4.78, 5) is 25.0.